The van der Waals surface area contributed by atoms with Crippen LogP contribution in [0.2, 0.25) is 5.02 Å². The molecule has 0 aliphatic carbocycles. The van der Waals surface area contributed by atoms with Gasteiger partial charge in [0.25, 0.3) is 11.8 Å². The quantitative estimate of drug-likeness (QED) is 0.774. The van der Waals surface area contributed by atoms with Crippen LogP contribution < -0.4 is 20.3 Å². The van der Waals surface area contributed by atoms with Crippen molar-refractivity contribution in [1.29, 1.82) is 0 Å². The van der Waals surface area contributed by atoms with Crippen LogP contribution in [0.1, 0.15) is 12.5 Å². The van der Waals surface area contributed by atoms with E-state index in [4.69, 9.17) is 21.1 Å². The second kappa shape index (κ2) is 8.94. The van der Waals surface area contributed by atoms with Crippen LogP contribution in [0.25, 0.3) is 0 Å². The number of ether oxygens (including phenoxy) is 2. The van der Waals surface area contributed by atoms with E-state index in [9.17, 15) is 9.59 Å². The van der Waals surface area contributed by atoms with Crippen LogP contribution in [-0.4, -0.2) is 24.5 Å². The predicted molar refractivity (Wildman–Crippen MR) is 94.5 cm³/mol. The number of carbonyl (C=O) groups is 2. The second-order valence-corrected chi connectivity index (χ2v) is 5.72. The maximum atomic E-state index is 11.9. The van der Waals surface area contributed by atoms with Gasteiger partial charge in [-0.25, -0.2) is 0 Å². The van der Waals surface area contributed by atoms with Gasteiger partial charge in [0.1, 0.15) is 11.5 Å². The summed E-state index contributed by atoms with van der Waals surface area (Å²) in [5.74, 6) is 0.120. The van der Waals surface area contributed by atoms with Crippen molar-refractivity contribution in [1.82, 2.24) is 10.9 Å². The SMILES string of the molecule is Cc1cc(OCC(=O)NNC(=O)C(C)Oc2ccccc2)ccc1Cl. The monoisotopic (exact) mass is 362 g/mol. The molecule has 25 heavy (non-hydrogen) atoms. The van der Waals surface area contributed by atoms with E-state index in [1.54, 1.807) is 49.4 Å². The number of hydrazine groups is 1. The Morgan fingerprint density at radius 1 is 1.08 bits per heavy atom. The average molecular weight is 363 g/mol. The second-order valence-electron chi connectivity index (χ2n) is 5.31. The number of hydrogen-bond acceptors (Lipinski definition) is 4. The number of amides is 2. The van der Waals surface area contributed by atoms with Gasteiger partial charge in [0, 0.05) is 5.02 Å². The highest BCUT2D eigenvalue weighted by Gasteiger charge is 2.15. The topological polar surface area (TPSA) is 76.7 Å². The van der Waals surface area contributed by atoms with Gasteiger partial charge in [0.05, 0.1) is 0 Å². The standard InChI is InChI=1S/C18H19ClN2O4/c1-12-10-15(8-9-16(12)19)24-11-17(22)20-21-18(23)13(2)25-14-6-4-3-5-7-14/h3-10,13H,11H2,1-2H3,(H,20,22)(H,21,23). The smallest absolute Gasteiger partial charge is 0.279 e. The van der Waals surface area contributed by atoms with Gasteiger partial charge in [-0.2, -0.15) is 0 Å². The van der Waals surface area contributed by atoms with Crippen molar-refractivity contribution in [3.8, 4) is 11.5 Å². The third-order valence-corrected chi connectivity index (χ3v) is 3.67. The lowest BCUT2D eigenvalue weighted by molar-refractivity contribution is -0.133. The molecule has 2 aromatic carbocycles. The van der Waals surface area contributed by atoms with Crippen LogP contribution in [0, 0.1) is 6.92 Å². The van der Waals surface area contributed by atoms with Gasteiger partial charge >= 0.3 is 0 Å². The molecule has 0 saturated carbocycles. The number of hydrogen-bond donors (Lipinski definition) is 2. The zero-order chi connectivity index (χ0) is 18.2. The van der Waals surface area contributed by atoms with Crippen LogP contribution in [0.15, 0.2) is 48.5 Å². The fourth-order valence-electron chi connectivity index (χ4n) is 1.88. The highest BCUT2D eigenvalue weighted by molar-refractivity contribution is 6.31. The minimum atomic E-state index is -0.762. The number of nitrogens with one attached hydrogen (secondary N) is 2. The Balaban J connectivity index is 1.73. The van der Waals surface area contributed by atoms with Crippen LogP contribution in [0.3, 0.4) is 0 Å². The molecule has 0 spiro atoms. The largest absolute Gasteiger partial charge is 0.484 e. The lowest BCUT2D eigenvalue weighted by Crippen LogP contribution is -2.48. The van der Waals surface area contributed by atoms with Crippen molar-refractivity contribution < 1.29 is 19.1 Å². The molecule has 0 saturated heterocycles. The van der Waals surface area contributed by atoms with Crippen LogP contribution in [0.4, 0.5) is 0 Å². The number of halogens is 1. The third-order valence-electron chi connectivity index (χ3n) is 3.25. The highest BCUT2D eigenvalue weighted by atomic mass is 35.5. The number of aryl methyl sites for hydroxylation is 1. The minimum Gasteiger partial charge on any atom is -0.484 e. The summed E-state index contributed by atoms with van der Waals surface area (Å²) in [4.78, 5) is 23.6. The summed E-state index contributed by atoms with van der Waals surface area (Å²) in [5, 5.41) is 0.622. The Bertz CT molecular complexity index is 737. The molecule has 2 aromatic rings. The van der Waals surface area contributed by atoms with E-state index in [2.05, 4.69) is 10.9 Å². The number of carbonyl (C=O) groups excluding carboxylic acids is 2. The Kier molecular flexibility index (Phi) is 6.65. The van der Waals surface area contributed by atoms with Crippen molar-refractivity contribution in [2.75, 3.05) is 6.61 Å². The molecule has 2 N–H and O–H groups in total. The summed E-state index contributed by atoms with van der Waals surface area (Å²) >= 11 is 5.92. The Morgan fingerprint density at radius 2 is 1.80 bits per heavy atom. The molecule has 0 aliphatic rings. The molecule has 1 atom stereocenters. The summed E-state index contributed by atoms with van der Waals surface area (Å²) in [6.07, 6.45) is -0.762. The third kappa shape index (κ3) is 6.00. The molecule has 0 fully saturated rings. The van der Waals surface area contributed by atoms with E-state index in [-0.39, 0.29) is 6.61 Å². The highest BCUT2D eigenvalue weighted by Crippen LogP contribution is 2.20. The van der Waals surface area contributed by atoms with Crippen molar-refractivity contribution >= 4 is 23.4 Å². The van der Waals surface area contributed by atoms with Crippen molar-refractivity contribution in [2.45, 2.75) is 20.0 Å². The maximum Gasteiger partial charge on any atom is 0.279 e. The molecular weight excluding hydrogens is 344 g/mol. The number of rotatable bonds is 6. The average Bonchev–Trinajstić information content (AvgIpc) is 2.61. The number of benzene rings is 2. The molecule has 2 rings (SSSR count). The van der Waals surface area contributed by atoms with E-state index < -0.39 is 17.9 Å². The Hall–Kier alpha value is -2.73. The van der Waals surface area contributed by atoms with E-state index in [0.717, 1.165) is 5.56 Å². The first kappa shape index (κ1) is 18.6. The first-order valence-electron chi connectivity index (χ1n) is 7.65. The fourth-order valence-corrected chi connectivity index (χ4v) is 2.00. The molecule has 0 radical (unpaired) electrons. The van der Waals surface area contributed by atoms with E-state index in [1.165, 1.54) is 0 Å². The molecule has 0 bridgehead atoms. The van der Waals surface area contributed by atoms with Gasteiger partial charge in [-0.1, -0.05) is 29.8 Å². The van der Waals surface area contributed by atoms with Crippen LogP contribution >= 0.6 is 11.6 Å². The van der Waals surface area contributed by atoms with Gasteiger partial charge < -0.3 is 9.47 Å². The first-order valence-corrected chi connectivity index (χ1v) is 8.03. The molecule has 0 heterocycles. The molecule has 0 aliphatic heterocycles. The van der Waals surface area contributed by atoms with Gasteiger partial charge in [0.15, 0.2) is 12.7 Å². The number of para-hydroxylation sites is 1. The maximum absolute atomic E-state index is 11.9. The summed E-state index contributed by atoms with van der Waals surface area (Å²) in [5.41, 5.74) is 5.42. The normalized spacial score (nSPS) is 11.3. The van der Waals surface area contributed by atoms with Crippen molar-refractivity contribution in [3.05, 3.63) is 59.1 Å². The summed E-state index contributed by atoms with van der Waals surface area (Å²) < 4.78 is 10.8. The molecule has 6 nitrogen and oxygen atoms in total. The lowest BCUT2D eigenvalue weighted by Gasteiger charge is -2.15. The molecule has 1 unspecified atom stereocenters. The van der Waals surface area contributed by atoms with Crippen LogP contribution in [-0.2, 0) is 9.59 Å². The fraction of sp³-hybridized carbons (Fsp3) is 0.222. The molecule has 132 valence electrons. The molecule has 7 heteroatoms. The summed E-state index contributed by atoms with van der Waals surface area (Å²) in [7, 11) is 0. The van der Waals surface area contributed by atoms with Gasteiger partial charge in [0.2, 0.25) is 0 Å². The summed E-state index contributed by atoms with van der Waals surface area (Å²) in [6.45, 7) is 3.18. The zero-order valence-corrected chi connectivity index (χ0v) is 14.7. The molecule has 0 aromatic heterocycles. The Morgan fingerprint density at radius 3 is 2.48 bits per heavy atom. The molecule has 2 amide bonds. The summed E-state index contributed by atoms with van der Waals surface area (Å²) in [6, 6.07) is 14.0. The van der Waals surface area contributed by atoms with E-state index >= 15 is 0 Å². The van der Waals surface area contributed by atoms with Gasteiger partial charge in [-0.3, -0.25) is 20.4 Å². The lowest BCUT2D eigenvalue weighted by atomic mass is 10.2. The van der Waals surface area contributed by atoms with E-state index in [0.29, 0.717) is 16.5 Å². The first-order chi connectivity index (χ1) is 12.0. The van der Waals surface area contributed by atoms with Gasteiger partial charge in [-0.15, -0.1) is 0 Å². The zero-order valence-electron chi connectivity index (χ0n) is 13.9. The minimum absolute atomic E-state index is 0.241. The van der Waals surface area contributed by atoms with Crippen molar-refractivity contribution in [2.24, 2.45) is 0 Å². The van der Waals surface area contributed by atoms with Gasteiger partial charge in [-0.05, 0) is 49.7 Å². The Labute approximate surface area is 151 Å². The molecular formula is C18H19ClN2O4. The predicted octanol–water partition coefficient (Wildman–Crippen LogP) is 2.64. The van der Waals surface area contributed by atoms with E-state index in [1.807, 2.05) is 13.0 Å². The van der Waals surface area contributed by atoms with Crippen molar-refractivity contribution in [3.63, 3.8) is 0 Å². The van der Waals surface area contributed by atoms with Crippen LogP contribution in [0.5, 0.6) is 11.5 Å².